The third-order valence-electron chi connectivity index (χ3n) is 7.01. The Kier molecular flexibility index (Phi) is 7.09. The number of benzene rings is 4. The number of carbonyl (C=O) groups is 2. The summed E-state index contributed by atoms with van der Waals surface area (Å²) in [5.74, 6) is 0.246. The van der Waals surface area contributed by atoms with Crippen molar-refractivity contribution in [3.8, 4) is 23.0 Å². The van der Waals surface area contributed by atoms with Crippen LogP contribution in [0.2, 0.25) is 0 Å². The molecule has 204 valence electrons. The van der Waals surface area contributed by atoms with Gasteiger partial charge in [0.25, 0.3) is 0 Å². The first-order valence-electron chi connectivity index (χ1n) is 13.3. The van der Waals surface area contributed by atoms with Gasteiger partial charge in [0.05, 0.1) is 33.6 Å². The lowest BCUT2D eigenvalue weighted by molar-refractivity contribution is 0.0981. The molecule has 8 heteroatoms. The average molecular weight is 537 g/mol. The van der Waals surface area contributed by atoms with E-state index in [2.05, 4.69) is 13.8 Å². The lowest BCUT2D eigenvalue weighted by atomic mass is 9.80. The molecule has 0 unspecified atom stereocenters. The summed E-state index contributed by atoms with van der Waals surface area (Å²) in [5, 5.41) is 0. The lowest BCUT2D eigenvalue weighted by Crippen LogP contribution is -2.26. The molecule has 0 saturated heterocycles. The minimum atomic E-state index is -0.578. The van der Waals surface area contributed by atoms with E-state index in [1.165, 1.54) is 23.3 Å². The monoisotopic (exact) mass is 536 g/mol. The molecule has 0 fully saturated rings. The van der Waals surface area contributed by atoms with Gasteiger partial charge in [-0.25, -0.2) is 0 Å². The van der Waals surface area contributed by atoms with E-state index in [1.807, 2.05) is 48.5 Å². The Morgan fingerprint density at radius 1 is 0.550 bits per heavy atom. The number of fused-ring (bicyclic) bond motifs is 2. The molecular weight excluding hydrogens is 504 g/mol. The number of rotatable bonds is 8. The highest BCUT2D eigenvalue weighted by Crippen LogP contribution is 2.46. The average Bonchev–Trinajstić information content (AvgIpc) is 2.93. The predicted octanol–water partition coefficient (Wildman–Crippen LogP) is 6.28. The second-order valence-corrected chi connectivity index (χ2v) is 9.91. The fourth-order valence-electron chi connectivity index (χ4n) is 5.05. The van der Waals surface area contributed by atoms with E-state index >= 15 is 0 Å². The summed E-state index contributed by atoms with van der Waals surface area (Å²) in [5.41, 5.74) is 27.7. The molecule has 5 rings (SSSR count). The highest BCUT2D eigenvalue weighted by Gasteiger charge is 2.38. The summed E-state index contributed by atoms with van der Waals surface area (Å²) in [4.78, 5) is 27.5. The van der Waals surface area contributed by atoms with E-state index in [0.29, 0.717) is 11.5 Å². The Morgan fingerprint density at radius 2 is 0.900 bits per heavy atom. The number of nitrogen functional groups attached to an aromatic ring is 4. The molecule has 0 radical (unpaired) electrons. The van der Waals surface area contributed by atoms with Crippen LogP contribution in [0.3, 0.4) is 0 Å². The fraction of sp³-hybridized carbons (Fsp3) is 0.188. The van der Waals surface area contributed by atoms with Crippen LogP contribution >= 0.6 is 0 Å². The van der Waals surface area contributed by atoms with Crippen LogP contribution in [0.4, 0.5) is 22.7 Å². The third kappa shape index (κ3) is 4.68. The Morgan fingerprint density at radius 3 is 1.25 bits per heavy atom. The number of carbonyl (C=O) groups excluding carboxylic acids is 2. The predicted molar refractivity (Wildman–Crippen MR) is 158 cm³/mol. The van der Waals surface area contributed by atoms with Crippen LogP contribution in [0, 0.1) is 0 Å². The van der Waals surface area contributed by atoms with Crippen molar-refractivity contribution in [2.75, 3.05) is 22.9 Å². The van der Waals surface area contributed by atoms with Crippen molar-refractivity contribution in [1.82, 2.24) is 0 Å². The number of nitrogens with two attached hydrogens (primary N) is 4. The van der Waals surface area contributed by atoms with Gasteiger partial charge in [-0.3, -0.25) is 9.59 Å². The fourth-order valence-corrected chi connectivity index (χ4v) is 5.05. The van der Waals surface area contributed by atoms with Gasteiger partial charge in [0.2, 0.25) is 0 Å². The zero-order valence-electron chi connectivity index (χ0n) is 22.5. The van der Waals surface area contributed by atoms with E-state index in [4.69, 9.17) is 32.4 Å². The van der Waals surface area contributed by atoms with Gasteiger partial charge in [-0.2, -0.15) is 0 Å². The largest absolute Gasteiger partial charge is 0.455 e. The van der Waals surface area contributed by atoms with E-state index in [9.17, 15) is 9.59 Å². The number of hydrogen-bond acceptors (Lipinski definition) is 8. The second-order valence-electron chi connectivity index (χ2n) is 9.91. The van der Waals surface area contributed by atoms with Crippen molar-refractivity contribution >= 4 is 34.3 Å². The summed E-state index contributed by atoms with van der Waals surface area (Å²) in [7, 11) is 0. The number of ketones is 2. The van der Waals surface area contributed by atoms with Crippen molar-refractivity contribution < 1.29 is 19.1 Å². The number of aryl methyl sites for hydroxylation is 2. The van der Waals surface area contributed by atoms with Crippen LogP contribution < -0.4 is 32.4 Å². The van der Waals surface area contributed by atoms with Crippen LogP contribution in [0.1, 0.15) is 69.7 Å². The van der Waals surface area contributed by atoms with E-state index in [0.717, 1.165) is 25.7 Å². The maximum absolute atomic E-state index is 13.9. The SMILES string of the molecule is CCCc1ccc(Oc2cc(N)c3c(c2N)C(=O)c2c(N)c(Oc4ccc(CCC)cc4)cc(N)c2C3=O)cc1. The minimum Gasteiger partial charge on any atom is -0.455 e. The minimum absolute atomic E-state index is 0.0124. The smallest absolute Gasteiger partial charge is 0.199 e. The molecule has 0 saturated carbocycles. The normalized spacial score (nSPS) is 12.2. The maximum atomic E-state index is 13.9. The van der Waals surface area contributed by atoms with Gasteiger partial charge in [-0.15, -0.1) is 0 Å². The summed E-state index contributed by atoms with van der Waals surface area (Å²) >= 11 is 0. The first-order chi connectivity index (χ1) is 19.2. The topological polar surface area (TPSA) is 157 Å². The standard InChI is InChI=1S/C32H32N4O4/c1-3-5-17-7-11-19(12-8-17)39-23-15-21(33)25-27(29(23)35)32(38)28-26(31(25)37)22(34)16-24(30(28)36)40-20-13-9-18(6-4-2)10-14-20/h7-16H,3-6,33-36H2,1-2H3. The van der Waals surface area contributed by atoms with Gasteiger partial charge in [-0.05, 0) is 48.2 Å². The van der Waals surface area contributed by atoms with Crippen LogP contribution in [0.5, 0.6) is 23.0 Å². The zero-order chi connectivity index (χ0) is 28.6. The van der Waals surface area contributed by atoms with Gasteiger partial charge in [-0.1, -0.05) is 51.0 Å². The van der Waals surface area contributed by atoms with Crippen molar-refractivity contribution in [3.63, 3.8) is 0 Å². The van der Waals surface area contributed by atoms with Crippen LogP contribution in [-0.4, -0.2) is 11.6 Å². The molecule has 40 heavy (non-hydrogen) atoms. The Balaban J connectivity index is 1.54. The van der Waals surface area contributed by atoms with Crippen LogP contribution in [0.25, 0.3) is 0 Å². The molecule has 4 aromatic rings. The molecule has 1 aliphatic carbocycles. The third-order valence-corrected chi connectivity index (χ3v) is 7.01. The molecule has 0 bridgehead atoms. The Bertz CT molecular complexity index is 1510. The van der Waals surface area contributed by atoms with Gasteiger partial charge in [0.1, 0.15) is 11.5 Å². The summed E-state index contributed by atoms with van der Waals surface area (Å²) in [6.07, 6.45) is 3.95. The van der Waals surface area contributed by atoms with Crippen LogP contribution in [0.15, 0.2) is 60.7 Å². The van der Waals surface area contributed by atoms with Crippen molar-refractivity contribution in [3.05, 3.63) is 94.0 Å². The molecule has 0 aliphatic heterocycles. The highest BCUT2D eigenvalue weighted by molar-refractivity contribution is 6.35. The van der Waals surface area contributed by atoms with Gasteiger partial charge >= 0.3 is 0 Å². The van der Waals surface area contributed by atoms with Gasteiger partial charge in [0.15, 0.2) is 23.1 Å². The molecule has 8 N–H and O–H groups in total. The molecule has 1 aliphatic rings. The first-order valence-corrected chi connectivity index (χ1v) is 13.3. The number of hydrogen-bond donors (Lipinski definition) is 4. The molecule has 0 amide bonds. The molecular formula is C32H32N4O4. The van der Waals surface area contributed by atoms with Gasteiger partial charge < -0.3 is 32.4 Å². The van der Waals surface area contributed by atoms with Crippen LogP contribution in [-0.2, 0) is 12.8 Å². The molecule has 4 aromatic carbocycles. The molecule has 0 heterocycles. The van der Waals surface area contributed by atoms with Crippen molar-refractivity contribution in [1.29, 1.82) is 0 Å². The van der Waals surface area contributed by atoms with Crippen molar-refractivity contribution in [2.24, 2.45) is 0 Å². The highest BCUT2D eigenvalue weighted by atomic mass is 16.5. The second kappa shape index (κ2) is 10.6. The molecule has 8 nitrogen and oxygen atoms in total. The van der Waals surface area contributed by atoms with Gasteiger partial charge in [0, 0.05) is 23.5 Å². The molecule has 0 spiro atoms. The number of anilines is 4. The molecule has 0 aromatic heterocycles. The first kappa shape index (κ1) is 26.6. The summed E-state index contributed by atoms with van der Waals surface area (Å²) < 4.78 is 12.0. The zero-order valence-corrected chi connectivity index (χ0v) is 22.5. The maximum Gasteiger partial charge on any atom is 0.199 e. The Hall–Kier alpha value is -4.98. The summed E-state index contributed by atoms with van der Waals surface area (Å²) in [6, 6.07) is 18.0. The van der Waals surface area contributed by atoms with Crippen molar-refractivity contribution in [2.45, 2.75) is 39.5 Å². The quantitative estimate of drug-likeness (QED) is 0.169. The van der Waals surface area contributed by atoms with E-state index in [1.54, 1.807) is 0 Å². The van der Waals surface area contributed by atoms with E-state index < -0.39 is 11.6 Å². The lowest BCUT2D eigenvalue weighted by Gasteiger charge is -2.25. The Labute approximate surface area is 232 Å². The number of ether oxygens (including phenoxy) is 2. The summed E-state index contributed by atoms with van der Waals surface area (Å²) in [6.45, 7) is 4.22. The van der Waals surface area contributed by atoms with E-state index in [-0.39, 0.29) is 56.5 Å². The molecule has 0 atom stereocenters.